The van der Waals surface area contributed by atoms with E-state index in [1.165, 1.54) is 11.0 Å². The molecule has 0 aliphatic carbocycles. The number of amides is 3. The summed E-state index contributed by atoms with van der Waals surface area (Å²) in [6.07, 6.45) is 1.06. The Bertz CT molecular complexity index is 949. The molecule has 1 atom stereocenters. The van der Waals surface area contributed by atoms with Crippen LogP contribution < -0.4 is 15.6 Å². The fourth-order valence-electron chi connectivity index (χ4n) is 2.42. The first kappa shape index (κ1) is 18.7. The number of thiocarbonyl (C=S) groups is 1. The maximum Gasteiger partial charge on any atom is 0.272 e. The molecule has 2 aromatic carbocycles. The number of hydrogen-bond donors (Lipinski definition) is 2. The van der Waals surface area contributed by atoms with Gasteiger partial charge in [-0.1, -0.05) is 41.9 Å². The minimum absolute atomic E-state index is 0.0130. The molecule has 1 aliphatic heterocycles. The van der Waals surface area contributed by atoms with E-state index in [-0.39, 0.29) is 15.7 Å². The predicted octanol–water partition coefficient (Wildman–Crippen LogP) is 2.12. The number of rotatable bonds is 4. The topological polar surface area (TPSA) is 90.9 Å². The van der Waals surface area contributed by atoms with Crippen molar-refractivity contribution in [2.45, 2.75) is 0 Å². The van der Waals surface area contributed by atoms with Crippen LogP contribution in [-0.4, -0.2) is 29.0 Å². The molecule has 0 radical (unpaired) electrons. The van der Waals surface area contributed by atoms with Gasteiger partial charge < -0.3 is 5.32 Å². The van der Waals surface area contributed by atoms with Crippen LogP contribution in [0.3, 0.4) is 0 Å². The zero-order valence-electron chi connectivity index (χ0n) is 13.8. The fourth-order valence-corrected chi connectivity index (χ4v) is 2.94. The third-order valence-corrected chi connectivity index (χ3v) is 4.34. The standard InChI is InChI=1S/C18H13ClN4O3S/c19-14-9-5-4-8-12(14)16(25)22-20-10-13-15(24)21-18(27)23(17(13)26)11-6-2-1-3-7-11/h1-10,13H,(H,22,25)(H,21,24,27)/b20-10-/t13-/m0/s1. The van der Waals surface area contributed by atoms with Gasteiger partial charge >= 0.3 is 0 Å². The molecule has 0 saturated carbocycles. The highest BCUT2D eigenvalue weighted by atomic mass is 35.5. The van der Waals surface area contributed by atoms with Crippen LogP contribution in [-0.2, 0) is 9.59 Å². The van der Waals surface area contributed by atoms with E-state index in [4.69, 9.17) is 23.8 Å². The molecule has 0 bridgehead atoms. The molecule has 136 valence electrons. The summed E-state index contributed by atoms with van der Waals surface area (Å²) in [6, 6.07) is 15.1. The Morgan fingerprint density at radius 2 is 1.81 bits per heavy atom. The summed E-state index contributed by atoms with van der Waals surface area (Å²) in [5.74, 6) is -2.97. The maximum atomic E-state index is 12.7. The molecule has 0 unspecified atom stereocenters. The summed E-state index contributed by atoms with van der Waals surface area (Å²) < 4.78 is 0. The second kappa shape index (κ2) is 8.07. The van der Waals surface area contributed by atoms with Crippen molar-refractivity contribution in [3.8, 4) is 0 Å². The largest absolute Gasteiger partial charge is 0.301 e. The lowest BCUT2D eigenvalue weighted by Gasteiger charge is -2.30. The quantitative estimate of drug-likeness (QED) is 0.356. The monoisotopic (exact) mass is 400 g/mol. The summed E-state index contributed by atoms with van der Waals surface area (Å²) in [6.45, 7) is 0. The third kappa shape index (κ3) is 4.02. The fraction of sp³-hybridized carbons (Fsp3) is 0.0556. The lowest BCUT2D eigenvalue weighted by molar-refractivity contribution is -0.130. The molecule has 1 fully saturated rings. The van der Waals surface area contributed by atoms with Gasteiger partial charge in [-0.25, -0.2) is 5.43 Å². The minimum atomic E-state index is -1.23. The van der Waals surface area contributed by atoms with E-state index in [1.54, 1.807) is 48.5 Å². The lowest BCUT2D eigenvalue weighted by atomic mass is 10.1. The Balaban J connectivity index is 1.75. The van der Waals surface area contributed by atoms with E-state index in [9.17, 15) is 14.4 Å². The summed E-state index contributed by atoms with van der Waals surface area (Å²) in [5, 5.41) is 6.44. The Morgan fingerprint density at radius 1 is 1.15 bits per heavy atom. The van der Waals surface area contributed by atoms with E-state index < -0.39 is 23.6 Å². The van der Waals surface area contributed by atoms with E-state index in [0.29, 0.717) is 5.69 Å². The van der Waals surface area contributed by atoms with Crippen molar-refractivity contribution >= 4 is 58.6 Å². The maximum absolute atomic E-state index is 12.7. The number of nitrogens with one attached hydrogen (secondary N) is 2. The molecular formula is C18H13ClN4O3S. The molecule has 1 aliphatic rings. The Labute approximate surface area is 165 Å². The molecule has 1 saturated heterocycles. The van der Waals surface area contributed by atoms with Crippen molar-refractivity contribution in [3.63, 3.8) is 0 Å². The zero-order chi connectivity index (χ0) is 19.4. The number of hydrazone groups is 1. The normalized spacial score (nSPS) is 17.1. The number of hydrogen-bond acceptors (Lipinski definition) is 5. The van der Waals surface area contributed by atoms with Gasteiger partial charge in [-0.3, -0.25) is 19.3 Å². The van der Waals surface area contributed by atoms with E-state index >= 15 is 0 Å². The van der Waals surface area contributed by atoms with Crippen LogP contribution in [0.5, 0.6) is 0 Å². The highest BCUT2D eigenvalue weighted by molar-refractivity contribution is 7.80. The number of carbonyl (C=O) groups excluding carboxylic acids is 3. The summed E-state index contributed by atoms with van der Waals surface area (Å²) >= 11 is 11.0. The Hall–Kier alpha value is -3.10. The molecule has 3 rings (SSSR count). The average Bonchev–Trinajstić information content (AvgIpc) is 2.65. The van der Waals surface area contributed by atoms with Crippen molar-refractivity contribution in [3.05, 3.63) is 65.2 Å². The van der Waals surface area contributed by atoms with Gasteiger partial charge in [-0.2, -0.15) is 5.10 Å². The van der Waals surface area contributed by atoms with Crippen LogP contribution in [0.2, 0.25) is 5.02 Å². The third-order valence-electron chi connectivity index (χ3n) is 3.72. The second-order valence-electron chi connectivity index (χ2n) is 5.48. The van der Waals surface area contributed by atoms with Crippen molar-refractivity contribution in [2.75, 3.05) is 4.90 Å². The lowest BCUT2D eigenvalue weighted by Crippen LogP contribution is -2.58. The van der Waals surface area contributed by atoms with Gasteiger partial charge in [0.05, 0.1) is 16.3 Å². The van der Waals surface area contributed by atoms with E-state index in [2.05, 4.69) is 15.8 Å². The van der Waals surface area contributed by atoms with Crippen molar-refractivity contribution in [2.24, 2.45) is 11.0 Å². The van der Waals surface area contributed by atoms with Crippen LogP contribution in [0.4, 0.5) is 5.69 Å². The van der Waals surface area contributed by atoms with Crippen LogP contribution >= 0.6 is 23.8 Å². The predicted molar refractivity (Wildman–Crippen MR) is 106 cm³/mol. The Morgan fingerprint density at radius 3 is 2.52 bits per heavy atom. The zero-order valence-corrected chi connectivity index (χ0v) is 15.3. The van der Waals surface area contributed by atoms with Gasteiger partial charge in [0, 0.05) is 6.21 Å². The van der Waals surface area contributed by atoms with Crippen molar-refractivity contribution in [1.82, 2.24) is 10.7 Å². The SMILES string of the molecule is O=C(N/N=C\[C@H]1C(=O)NC(=S)N(c2ccccc2)C1=O)c1ccccc1Cl. The molecule has 0 spiro atoms. The molecule has 27 heavy (non-hydrogen) atoms. The molecule has 2 N–H and O–H groups in total. The molecule has 7 nitrogen and oxygen atoms in total. The summed E-state index contributed by atoms with van der Waals surface area (Å²) in [5.41, 5.74) is 3.00. The number of benzene rings is 2. The number of anilines is 1. The van der Waals surface area contributed by atoms with Gasteiger partial charge in [0.15, 0.2) is 11.0 Å². The molecule has 1 heterocycles. The Kier molecular flexibility index (Phi) is 5.58. The molecule has 3 amide bonds. The summed E-state index contributed by atoms with van der Waals surface area (Å²) in [7, 11) is 0. The van der Waals surface area contributed by atoms with Crippen LogP contribution in [0.1, 0.15) is 10.4 Å². The molecular weight excluding hydrogens is 388 g/mol. The molecule has 2 aromatic rings. The minimum Gasteiger partial charge on any atom is -0.301 e. The van der Waals surface area contributed by atoms with Gasteiger partial charge in [0.1, 0.15) is 0 Å². The highest BCUT2D eigenvalue weighted by Gasteiger charge is 2.38. The number of carbonyl (C=O) groups is 3. The first-order valence-corrected chi connectivity index (χ1v) is 8.59. The smallest absolute Gasteiger partial charge is 0.272 e. The first-order chi connectivity index (χ1) is 13.0. The van der Waals surface area contributed by atoms with Crippen LogP contribution in [0.25, 0.3) is 0 Å². The highest BCUT2D eigenvalue weighted by Crippen LogP contribution is 2.19. The molecule has 0 aromatic heterocycles. The number of halogens is 1. The van der Waals surface area contributed by atoms with Gasteiger partial charge in [-0.15, -0.1) is 0 Å². The van der Waals surface area contributed by atoms with Crippen LogP contribution in [0.15, 0.2) is 59.7 Å². The van der Waals surface area contributed by atoms with Gasteiger partial charge in [0.25, 0.3) is 11.8 Å². The first-order valence-electron chi connectivity index (χ1n) is 7.81. The molecule has 9 heteroatoms. The second-order valence-corrected chi connectivity index (χ2v) is 6.27. The van der Waals surface area contributed by atoms with Crippen molar-refractivity contribution in [1.29, 1.82) is 0 Å². The number of para-hydroxylation sites is 1. The van der Waals surface area contributed by atoms with Crippen molar-refractivity contribution < 1.29 is 14.4 Å². The number of nitrogens with zero attached hydrogens (tertiary/aromatic N) is 2. The van der Waals surface area contributed by atoms with Crippen LogP contribution in [0, 0.1) is 5.92 Å². The van der Waals surface area contributed by atoms with Gasteiger partial charge in [0.2, 0.25) is 5.91 Å². The van der Waals surface area contributed by atoms with E-state index in [0.717, 1.165) is 6.21 Å². The summed E-state index contributed by atoms with van der Waals surface area (Å²) in [4.78, 5) is 38.1. The van der Waals surface area contributed by atoms with E-state index in [1.807, 2.05) is 0 Å². The van der Waals surface area contributed by atoms with Gasteiger partial charge in [-0.05, 0) is 36.5 Å². The average molecular weight is 401 g/mol.